The quantitative estimate of drug-likeness (QED) is 0.812. The molecule has 140 valence electrons. The van der Waals surface area contributed by atoms with E-state index in [1.807, 2.05) is 26.0 Å². The van der Waals surface area contributed by atoms with Gasteiger partial charge in [-0.2, -0.15) is 4.72 Å². The molecule has 0 bridgehead atoms. The van der Waals surface area contributed by atoms with Crippen molar-refractivity contribution in [3.63, 3.8) is 0 Å². The molecule has 0 aliphatic carbocycles. The van der Waals surface area contributed by atoms with Crippen LogP contribution in [0, 0.1) is 20.8 Å². The lowest BCUT2D eigenvalue weighted by atomic mass is 10.1. The second-order valence-electron chi connectivity index (χ2n) is 6.23. The van der Waals surface area contributed by atoms with Crippen LogP contribution in [0.2, 0.25) is 0 Å². The zero-order valence-electron chi connectivity index (χ0n) is 15.6. The molecule has 2 rings (SSSR count). The largest absolute Gasteiger partial charge is 0.495 e. The lowest BCUT2D eigenvalue weighted by Gasteiger charge is -2.17. The minimum Gasteiger partial charge on any atom is -0.495 e. The van der Waals surface area contributed by atoms with E-state index in [0.717, 1.165) is 16.7 Å². The van der Waals surface area contributed by atoms with Crippen molar-refractivity contribution in [1.82, 2.24) is 4.72 Å². The molecule has 0 fully saturated rings. The molecule has 0 aromatic heterocycles. The molecule has 0 aliphatic heterocycles. The maximum Gasteiger partial charge on any atom is 0.244 e. The van der Waals surface area contributed by atoms with Gasteiger partial charge >= 0.3 is 0 Å². The van der Waals surface area contributed by atoms with Crippen molar-refractivity contribution in [2.24, 2.45) is 0 Å². The van der Waals surface area contributed by atoms with Gasteiger partial charge in [-0.1, -0.05) is 18.2 Å². The number of carbonyl (C=O) groups is 1. The monoisotopic (exact) mass is 376 g/mol. The Morgan fingerprint density at radius 2 is 1.81 bits per heavy atom. The van der Waals surface area contributed by atoms with Crippen LogP contribution in [0.3, 0.4) is 0 Å². The Bertz CT molecular complexity index is 923. The molecule has 0 saturated carbocycles. The highest BCUT2D eigenvalue weighted by Gasteiger charge is 2.25. The second-order valence-corrected chi connectivity index (χ2v) is 7.92. The summed E-state index contributed by atoms with van der Waals surface area (Å²) < 4.78 is 32.9. The van der Waals surface area contributed by atoms with Gasteiger partial charge in [0.1, 0.15) is 10.6 Å². The number of rotatable bonds is 6. The molecule has 7 heteroatoms. The molecule has 26 heavy (non-hydrogen) atoms. The van der Waals surface area contributed by atoms with Gasteiger partial charge in [0.05, 0.1) is 13.2 Å². The first-order valence-corrected chi connectivity index (χ1v) is 9.68. The summed E-state index contributed by atoms with van der Waals surface area (Å²) in [7, 11) is -2.51. The van der Waals surface area contributed by atoms with Crippen LogP contribution >= 0.6 is 0 Å². The van der Waals surface area contributed by atoms with Crippen molar-refractivity contribution in [3.05, 3.63) is 53.1 Å². The topological polar surface area (TPSA) is 84.5 Å². The van der Waals surface area contributed by atoms with Crippen LogP contribution < -0.4 is 14.8 Å². The Morgan fingerprint density at radius 3 is 2.46 bits per heavy atom. The van der Waals surface area contributed by atoms with E-state index in [1.165, 1.54) is 20.1 Å². The molecule has 0 saturated heterocycles. The van der Waals surface area contributed by atoms with E-state index in [1.54, 1.807) is 25.1 Å². The summed E-state index contributed by atoms with van der Waals surface area (Å²) in [5, 5.41) is 2.77. The van der Waals surface area contributed by atoms with Gasteiger partial charge in [0, 0.05) is 5.69 Å². The molecule has 2 aromatic carbocycles. The zero-order valence-corrected chi connectivity index (χ0v) is 16.4. The summed E-state index contributed by atoms with van der Waals surface area (Å²) in [5.74, 6) is -0.209. The summed E-state index contributed by atoms with van der Waals surface area (Å²) in [4.78, 5) is 12.4. The highest BCUT2D eigenvalue weighted by molar-refractivity contribution is 7.89. The molecule has 0 radical (unpaired) electrons. The fourth-order valence-electron chi connectivity index (χ4n) is 2.47. The van der Waals surface area contributed by atoms with Crippen LogP contribution in [0.5, 0.6) is 5.75 Å². The Hall–Kier alpha value is -2.38. The van der Waals surface area contributed by atoms with E-state index in [9.17, 15) is 13.2 Å². The molecule has 0 aliphatic rings. The number of amides is 1. The van der Waals surface area contributed by atoms with Gasteiger partial charge in [0.25, 0.3) is 0 Å². The smallest absolute Gasteiger partial charge is 0.244 e. The lowest BCUT2D eigenvalue weighted by Crippen LogP contribution is -2.41. The molecule has 2 N–H and O–H groups in total. The van der Waals surface area contributed by atoms with Crippen molar-refractivity contribution in [2.45, 2.75) is 38.6 Å². The van der Waals surface area contributed by atoms with Crippen LogP contribution in [0.1, 0.15) is 23.6 Å². The molecular formula is C19H24N2O4S. The van der Waals surface area contributed by atoms with E-state index in [0.29, 0.717) is 5.69 Å². The fraction of sp³-hybridized carbons (Fsp3) is 0.316. The van der Waals surface area contributed by atoms with Crippen molar-refractivity contribution in [3.8, 4) is 5.75 Å². The first-order chi connectivity index (χ1) is 12.2. The average molecular weight is 376 g/mol. The van der Waals surface area contributed by atoms with Crippen molar-refractivity contribution < 1.29 is 17.9 Å². The lowest BCUT2D eigenvalue weighted by molar-refractivity contribution is -0.117. The van der Waals surface area contributed by atoms with Crippen LogP contribution in [-0.4, -0.2) is 27.5 Å². The summed E-state index contributed by atoms with van der Waals surface area (Å²) in [6.45, 7) is 7.13. The van der Waals surface area contributed by atoms with Gasteiger partial charge in [-0.05, 0) is 62.6 Å². The Labute approximate surface area is 154 Å². The van der Waals surface area contributed by atoms with E-state index in [2.05, 4.69) is 10.0 Å². The predicted octanol–water partition coefficient (Wildman–Crippen LogP) is 2.93. The van der Waals surface area contributed by atoms with Crippen molar-refractivity contribution in [1.29, 1.82) is 0 Å². The minimum absolute atomic E-state index is 0.00591. The number of hydrogen-bond acceptors (Lipinski definition) is 4. The van der Waals surface area contributed by atoms with Gasteiger partial charge in [0.2, 0.25) is 15.9 Å². The number of benzene rings is 2. The average Bonchev–Trinajstić information content (AvgIpc) is 2.58. The van der Waals surface area contributed by atoms with Gasteiger partial charge in [-0.15, -0.1) is 0 Å². The van der Waals surface area contributed by atoms with Gasteiger partial charge in [0.15, 0.2) is 0 Å². The Kier molecular flexibility index (Phi) is 6.05. The molecule has 1 atom stereocenters. The highest BCUT2D eigenvalue weighted by Crippen LogP contribution is 2.25. The molecule has 0 heterocycles. The highest BCUT2D eigenvalue weighted by atomic mass is 32.2. The molecule has 6 nitrogen and oxygen atoms in total. The van der Waals surface area contributed by atoms with Crippen LogP contribution in [0.4, 0.5) is 5.69 Å². The predicted molar refractivity (Wildman–Crippen MR) is 102 cm³/mol. The summed E-state index contributed by atoms with van der Waals surface area (Å²) in [6, 6.07) is 9.47. The van der Waals surface area contributed by atoms with Crippen LogP contribution in [0.15, 0.2) is 41.3 Å². The van der Waals surface area contributed by atoms with Gasteiger partial charge in [-0.3, -0.25) is 4.79 Å². The van der Waals surface area contributed by atoms with E-state index < -0.39 is 22.0 Å². The number of sulfonamides is 1. The number of ether oxygens (including phenoxy) is 1. The maximum atomic E-state index is 12.7. The zero-order chi connectivity index (χ0) is 19.5. The number of aryl methyl sites for hydroxylation is 2. The molecule has 0 spiro atoms. The number of nitrogens with one attached hydrogen (secondary N) is 2. The third-order valence-electron chi connectivity index (χ3n) is 4.20. The van der Waals surface area contributed by atoms with Crippen molar-refractivity contribution >= 4 is 21.6 Å². The van der Waals surface area contributed by atoms with Gasteiger partial charge < -0.3 is 10.1 Å². The molecule has 0 unspecified atom stereocenters. The van der Waals surface area contributed by atoms with E-state index >= 15 is 0 Å². The maximum absolute atomic E-state index is 12.7. The number of anilines is 1. The van der Waals surface area contributed by atoms with Crippen molar-refractivity contribution in [2.75, 3.05) is 12.4 Å². The standard InChI is InChI=1S/C19H24N2O4S/c1-12-9-10-17(25-5)18(11-12)26(23,24)21-15(4)19(22)20-16-8-6-7-13(2)14(16)3/h6-11,15,21H,1-5H3,(H,20,22)/t15-/m1/s1. The minimum atomic E-state index is -3.92. The summed E-state index contributed by atoms with van der Waals surface area (Å²) in [6.07, 6.45) is 0. The number of methoxy groups -OCH3 is 1. The van der Waals surface area contributed by atoms with Gasteiger partial charge in [-0.25, -0.2) is 8.42 Å². The Balaban J connectivity index is 2.20. The number of hydrogen-bond donors (Lipinski definition) is 2. The van der Waals surface area contributed by atoms with Crippen LogP contribution in [-0.2, 0) is 14.8 Å². The molecular weight excluding hydrogens is 352 g/mol. The fourth-order valence-corrected chi connectivity index (χ4v) is 3.93. The third-order valence-corrected chi connectivity index (χ3v) is 5.76. The van der Waals surface area contributed by atoms with E-state index in [-0.39, 0.29) is 10.6 Å². The number of carbonyl (C=O) groups excluding carboxylic acids is 1. The summed E-state index contributed by atoms with van der Waals surface area (Å²) >= 11 is 0. The molecule has 2 aromatic rings. The first-order valence-electron chi connectivity index (χ1n) is 8.19. The first kappa shape index (κ1) is 19.9. The Morgan fingerprint density at radius 1 is 1.12 bits per heavy atom. The second kappa shape index (κ2) is 7.88. The normalized spacial score (nSPS) is 12.5. The van der Waals surface area contributed by atoms with E-state index in [4.69, 9.17) is 4.74 Å². The summed E-state index contributed by atoms with van der Waals surface area (Å²) in [5.41, 5.74) is 3.42. The van der Waals surface area contributed by atoms with Crippen LogP contribution in [0.25, 0.3) is 0 Å². The SMILES string of the molecule is COc1ccc(C)cc1S(=O)(=O)N[C@H](C)C(=O)Nc1cccc(C)c1C. The third kappa shape index (κ3) is 4.42. The molecule has 1 amide bonds.